The summed E-state index contributed by atoms with van der Waals surface area (Å²) in [5, 5.41) is 2.81. The number of hydrogen-bond acceptors (Lipinski definition) is 4. The molecule has 0 aliphatic rings. The average Bonchev–Trinajstić information content (AvgIpc) is 3.43. The molecule has 4 nitrogen and oxygen atoms in total. The fourth-order valence-corrected chi connectivity index (χ4v) is 5.79. The van der Waals surface area contributed by atoms with Crippen LogP contribution in [-0.2, 0) is 20.1 Å². The number of aryl methyl sites for hydroxylation is 1. The number of rotatable bonds is 4. The molecule has 0 unspecified atom stereocenters. The number of hydrogen-bond donors (Lipinski definition) is 0. The van der Waals surface area contributed by atoms with Gasteiger partial charge in [0.2, 0.25) is 5.71 Å². The maximum atomic E-state index is 14.9. The van der Waals surface area contributed by atoms with Crippen LogP contribution < -0.4 is 5.19 Å². The van der Waals surface area contributed by atoms with Crippen molar-refractivity contribution >= 4 is 35.3 Å². The molecule has 3 aromatic carbocycles. The van der Waals surface area contributed by atoms with Gasteiger partial charge in [-0.25, -0.2) is 9.37 Å². The third kappa shape index (κ3) is 6.60. The zero-order valence-electron chi connectivity index (χ0n) is 27.4. The Labute approximate surface area is 275 Å². The van der Waals surface area contributed by atoms with Gasteiger partial charge in [0.1, 0.15) is 5.82 Å². The van der Waals surface area contributed by atoms with Crippen molar-refractivity contribution in [2.24, 2.45) is 0 Å². The van der Waals surface area contributed by atoms with E-state index in [4.69, 9.17) is 8.53 Å². The molecule has 0 saturated carbocycles. The van der Waals surface area contributed by atoms with Gasteiger partial charge in [-0.15, -0.1) is 54.1 Å². The van der Waals surface area contributed by atoms with E-state index in [2.05, 4.69) is 58.9 Å². The summed E-state index contributed by atoms with van der Waals surface area (Å²) in [6.45, 7) is 4.66. The number of halogens is 1. The zero-order chi connectivity index (χ0) is 32.5. The summed E-state index contributed by atoms with van der Waals surface area (Å²) in [5.41, 5.74) is 4.65. The van der Waals surface area contributed by atoms with E-state index >= 15 is 0 Å². The van der Waals surface area contributed by atoms with Gasteiger partial charge in [0, 0.05) is 53.3 Å². The van der Waals surface area contributed by atoms with Crippen LogP contribution >= 0.6 is 0 Å². The van der Waals surface area contributed by atoms with Gasteiger partial charge < -0.3 is 14.4 Å². The third-order valence-corrected chi connectivity index (χ3v) is 9.14. The number of aromatic nitrogens is 3. The van der Waals surface area contributed by atoms with E-state index in [9.17, 15) is 4.39 Å². The Hall–Kier alpha value is -4.29. The van der Waals surface area contributed by atoms with Gasteiger partial charge in [-0.05, 0) is 47.2 Å². The van der Waals surface area contributed by atoms with Crippen LogP contribution in [0.4, 0.5) is 4.39 Å². The smallest absolute Gasteiger partial charge is 0.216 e. The van der Waals surface area contributed by atoms with E-state index in [0.29, 0.717) is 27.8 Å². The summed E-state index contributed by atoms with van der Waals surface area (Å²) in [6.07, 6.45) is 3.50. The van der Waals surface area contributed by atoms with Crippen molar-refractivity contribution in [1.82, 2.24) is 15.0 Å². The van der Waals surface area contributed by atoms with E-state index in [0.717, 1.165) is 22.2 Å². The second kappa shape index (κ2) is 13.1. The topological polar surface area (TPSA) is 51.8 Å². The van der Waals surface area contributed by atoms with E-state index in [1.807, 2.05) is 60.8 Å². The molecule has 0 N–H and O–H groups in total. The maximum Gasteiger partial charge on any atom is 0.216 e. The molecule has 0 spiro atoms. The second-order valence-corrected chi connectivity index (χ2v) is 16.2. The van der Waals surface area contributed by atoms with E-state index in [-0.39, 0.29) is 31.5 Å². The molecule has 221 valence electrons. The van der Waals surface area contributed by atoms with Gasteiger partial charge in [-0.1, -0.05) is 73.1 Å². The van der Waals surface area contributed by atoms with Gasteiger partial charge in [0.25, 0.3) is 0 Å². The normalized spacial score (nSPS) is 12.4. The maximum absolute atomic E-state index is 14.9. The summed E-state index contributed by atoms with van der Waals surface area (Å²) < 4.78 is 43.4. The molecule has 1 radical (unpaired) electrons. The summed E-state index contributed by atoms with van der Waals surface area (Å²) in [7, 11) is -1.23. The average molecular weight is 775 g/mol. The molecule has 7 rings (SSSR count). The first-order chi connectivity index (χ1) is 22.0. The van der Waals surface area contributed by atoms with Gasteiger partial charge in [-0.3, -0.25) is 0 Å². The van der Waals surface area contributed by atoms with Crippen LogP contribution in [0.15, 0.2) is 114 Å². The predicted octanol–water partition coefficient (Wildman–Crippen LogP) is 9.05. The fraction of sp³-hybridized carbons (Fsp3) is 0.108. The Morgan fingerprint density at radius 1 is 0.795 bits per heavy atom. The molecule has 4 aromatic heterocycles. The van der Waals surface area contributed by atoms with Crippen molar-refractivity contribution in [3.8, 4) is 33.6 Å². The largest absolute Gasteiger partial charge is 0.486 e. The molecule has 0 aliphatic carbocycles. The molecule has 0 saturated heterocycles. The minimum absolute atomic E-state index is 0. The standard InChI is InChI=1S/C23H14FN2O.C14H16NSi.Ir/c1-14-10-11-17-16-8-5-9-18(22(16)27-23(17)26-14)21-12-20(24)19(13-25-21)15-6-3-2-4-7-15;1-16(2,3)13-9-10-14(15-11-13)12-7-5-4-6-8-12;/h2-8,10-13H,1H3;4-7,9-11H,1-3H3;/q2*-1;/i1D3;;. The van der Waals surface area contributed by atoms with Crippen molar-refractivity contribution < 1.29 is 33.0 Å². The molecular formula is C37H30FIrN3OSi-2. The van der Waals surface area contributed by atoms with E-state index in [1.165, 1.54) is 23.5 Å². The van der Waals surface area contributed by atoms with Crippen molar-refractivity contribution in [3.05, 3.63) is 133 Å². The number of pyridine rings is 3. The van der Waals surface area contributed by atoms with Gasteiger partial charge >= 0.3 is 0 Å². The first-order valence-electron chi connectivity index (χ1n) is 15.4. The molecule has 0 aliphatic heterocycles. The summed E-state index contributed by atoms with van der Waals surface area (Å²) in [5.74, 6) is -0.407. The van der Waals surface area contributed by atoms with Crippen molar-refractivity contribution in [3.63, 3.8) is 0 Å². The Morgan fingerprint density at radius 2 is 1.59 bits per heavy atom. The number of nitrogens with zero attached hydrogens (tertiary/aromatic N) is 3. The van der Waals surface area contributed by atoms with Crippen molar-refractivity contribution in [2.45, 2.75) is 26.5 Å². The Bertz CT molecular complexity index is 2130. The molecule has 44 heavy (non-hydrogen) atoms. The van der Waals surface area contributed by atoms with E-state index < -0.39 is 20.7 Å². The summed E-state index contributed by atoms with van der Waals surface area (Å²) in [6, 6.07) is 35.7. The first-order valence-corrected chi connectivity index (χ1v) is 17.4. The van der Waals surface area contributed by atoms with Crippen LogP contribution in [0.2, 0.25) is 19.6 Å². The Balaban J connectivity index is 0.000000217. The SMILES string of the molecule is C[Si](C)(C)c1ccc(-c2[c-]cccc2)nc1.[2H]C([2H])([2H])c1ccc2c(n1)oc1c(-c3cc(F)c(-c4ccccc4)cn3)[c-]ccc12.[Ir]. The molecule has 0 amide bonds. The van der Waals surface area contributed by atoms with E-state index in [1.54, 1.807) is 18.2 Å². The predicted molar refractivity (Wildman–Crippen MR) is 175 cm³/mol. The van der Waals surface area contributed by atoms with Crippen LogP contribution in [0.1, 0.15) is 9.81 Å². The van der Waals surface area contributed by atoms with Gasteiger partial charge in [0.05, 0.1) is 13.7 Å². The number of fused-ring (bicyclic) bond motifs is 3. The van der Waals surface area contributed by atoms with Gasteiger partial charge in [0.15, 0.2) is 0 Å². The van der Waals surface area contributed by atoms with Crippen LogP contribution in [0.3, 0.4) is 0 Å². The first kappa shape index (κ1) is 27.3. The number of benzene rings is 3. The third-order valence-electron chi connectivity index (χ3n) is 7.11. The molecular weight excluding hydrogens is 742 g/mol. The molecule has 4 heterocycles. The number of furan rings is 1. The minimum Gasteiger partial charge on any atom is -0.486 e. The van der Waals surface area contributed by atoms with Crippen molar-refractivity contribution in [2.75, 3.05) is 0 Å². The molecule has 0 bridgehead atoms. The monoisotopic (exact) mass is 775 g/mol. The molecule has 7 heteroatoms. The van der Waals surface area contributed by atoms with Gasteiger partial charge in [-0.2, -0.15) is 0 Å². The van der Waals surface area contributed by atoms with Crippen LogP contribution in [-0.4, -0.2) is 23.0 Å². The Kier molecular flexibility index (Phi) is 8.15. The summed E-state index contributed by atoms with van der Waals surface area (Å²) >= 11 is 0. The fourth-order valence-electron chi connectivity index (χ4n) is 4.76. The minimum atomic E-state index is -2.33. The quantitative estimate of drug-likeness (QED) is 0.132. The van der Waals surface area contributed by atoms with Crippen LogP contribution in [0.25, 0.3) is 55.7 Å². The summed E-state index contributed by atoms with van der Waals surface area (Å²) in [4.78, 5) is 13.1. The Morgan fingerprint density at radius 3 is 2.27 bits per heavy atom. The van der Waals surface area contributed by atoms with Crippen LogP contribution in [0.5, 0.6) is 0 Å². The molecule has 7 aromatic rings. The second-order valence-electron chi connectivity index (χ2n) is 11.1. The van der Waals surface area contributed by atoms with Crippen molar-refractivity contribution in [1.29, 1.82) is 0 Å². The zero-order valence-corrected chi connectivity index (χ0v) is 27.7. The van der Waals surface area contributed by atoms with Crippen LogP contribution in [0, 0.1) is 24.8 Å². The molecule has 0 atom stereocenters. The molecule has 0 fully saturated rings.